The lowest BCUT2D eigenvalue weighted by molar-refractivity contribution is -0.137. The highest BCUT2D eigenvalue weighted by Gasteiger charge is 2.32. The van der Waals surface area contributed by atoms with E-state index in [0.717, 1.165) is 29.1 Å². The van der Waals surface area contributed by atoms with Crippen LogP contribution in [0, 0.1) is 13.8 Å². The summed E-state index contributed by atoms with van der Waals surface area (Å²) < 4.78 is 67.2. The van der Waals surface area contributed by atoms with Crippen LogP contribution in [-0.2, 0) is 22.8 Å². The molecule has 0 saturated carbocycles. The molecule has 13 heteroatoms. The van der Waals surface area contributed by atoms with Gasteiger partial charge in [0, 0.05) is 57.6 Å². The minimum absolute atomic E-state index is 0.0839. The SMILES string of the molecule is Cc1cc(CC(=O)c2cnn(-c3ccc(C(F)(F)F)cn3)c2C)cnc1C1CCN(S(=O)(=O)N(C)C)CC1. The predicted molar refractivity (Wildman–Crippen MR) is 134 cm³/mol. The minimum Gasteiger partial charge on any atom is -0.294 e. The van der Waals surface area contributed by atoms with Gasteiger partial charge >= 0.3 is 6.18 Å². The van der Waals surface area contributed by atoms with E-state index in [1.165, 1.54) is 39.7 Å². The molecule has 0 amide bonds. The maximum atomic E-state index is 13.0. The summed E-state index contributed by atoms with van der Waals surface area (Å²) in [4.78, 5) is 21.5. The van der Waals surface area contributed by atoms with Gasteiger partial charge < -0.3 is 0 Å². The first-order valence-electron chi connectivity index (χ1n) is 12.0. The zero-order valence-electron chi connectivity index (χ0n) is 21.5. The molecule has 0 spiro atoms. The molecule has 204 valence electrons. The molecular weight excluding hydrogens is 521 g/mol. The number of carbonyl (C=O) groups is 1. The number of hydrogen-bond acceptors (Lipinski definition) is 6. The van der Waals surface area contributed by atoms with Crippen molar-refractivity contribution in [1.29, 1.82) is 0 Å². The Morgan fingerprint density at radius 2 is 1.76 bits per heavy atom. The van der Waals surface area contributed by atoms with E-state index in [1.54, 1.807) is 13.1 Å². The zero-order chi connectivity index (χ0) is 27.8. The van der Waals surface area contributed by atoms with Crippen LogP contribution in [-0.4, -0.2) is 69.7 Å². The number of halogens is 3. The fraction of sp³-hybridized carbons (Fsp3) is 0.440. The molecule has 38 heavy (non-hydrogen) atoms. The summed E-state index contributed by atoms with van der Waals surface area (Å²) >= 11 is 0. The molecule has 1 saturated heterocycles. The maximum Gasteiger partial charge on any atom is 0.417 e. The van der Waals surface area contributed by atoms with Gasteiger partial charge in [-0.05, 0) is 49.9 Å². The number of rotatable bonds is 7. The number of hydrogen-bond donors (Lipinski definition) is 0. The third-order valence-corrected chi connectivity index (χ3v) is 8.71. The number of Topliss-reactive ketones (excluding diaryl/α,β-unsaturated/α-hetero) is 1. The molecule has 9 nitrogen and oxygen atoms in total. The summed E-state index contributed by atoms with van der Waals surface area (Å²) in [5.41, 5.74) is 2.53. The van der Waals surface area contributed by atoms with E-state index in [4.69, 9.17) is 0 Å². The first-order chi connectivity index (χ1) is 17.8. The van der Waals surface area contributed by atoms with Crippen LogP contribution >= 0.6 is 0 Å². The average molecular weight is 551 g/mol. The van der Waals surface area contributed by atoms with Crippen LogP contribution in [0.5, 0.6) is 0 Å². The Morgan fingerprint density at radius 1 is 1.08 bits per heavy atom. The normalized spacial score (nSPS) is 15.8. The number of pyridine rings is 2. The molecule has 0 aromatic carbocycles. The van der Waals surface area contributed by atoms with E-state index in [2.05, 4.69) is 15.1 Å². The summed E-state index contributed by atoms with van der Waals surface area (Å²) in [5.74, 6) is 0.114. The molecule has 3 aromatic heterocycles. The number of alkyl halides is 3. The topological polar surface area (TPSA) is 101 Å². The summed E-state index contributed by atoms with van der Waals surface area (Å²) in [5, 5.41) is 4.15. The fourth-order valence-corrected chi connectivity index (χ4v) is 5.77. The van der Waals surface area contributed by atoms with Gasteiger partial charge in [-0.2, -0.15) is 35.3 Å². The van der Waals surface area contributed by atoms with Gasteiger partial charge in [0.2, 0.25) is 0 Å². The van der Waals surface area contributed by atoms with E-state index in [1.807, 2.05) is 13.0 Å². The van der Waals surface area contributed by atoms with Gasteiger partial charge in [0.05, 0.1) is 23.0 Å². The molecule has 1 fully saturated rings. The largest absolute Gasteiger partial charge is 0.417 e. The van der Waals surface area contributed by atoms with E-state index in [-0.39, 0.29) is 23.9 Å². The van der Waals surface area contributed by atoms with Crippen LogP contribution < -0.4 is 0 Å². The molecule has 0 radical (unpaired) electrons. The van der Waals surface area contributed by atoms with Crippen molar-refractivity contribution in [2.24, 2.45) is 0 Å². The summed E-state index contributed by atoms with van der Waals surface area (Å²) in [6.07, 6.45) is 0.712. The lowest BCUT2D eigenvalue weighted by Gasteiger charge is -2.33. The summed E-state index contributed by atoms with van der Waals surface area (Å²) in [7, 11) is -0.399. The molecule has 0 atom stereocenters. The second-order valence-electron chi connectivity index (χ2n) is 9.57. The number of piperidine rings is 1. The Hall–Kier alpha value is -3.16. The molecule has 0 unspecified atom stereocenters. The van der Waals surface area contributed by atoms with Gasteiger partial charge in [0.25, 0.3) is 10.2 Å². The lowest BCUT2D eigenvalue weighted by Crippen LogP contribution is -2.44. The van der Waals surface area contributed by atoms with Crippen LogP contribution in [0.4, 0.5) is 13.2 Å². The van der Waals surface area contributed by atoms with Gasteiger partial charge in [0.1, 0.15) is 0 Å². The number of aryl methyl sites for hydroxylation is 1. The average Bonchev–Trinajstić information content (AvgIpc) is 3.25. The van der Waals surface area contributed by atoms with Gasteiger partial charge in [-0.3, -0.25) is 9.78 Å². The predicted octanol–water partition coefficient (Wildman–Crippen LogP) is 3.71. The van der Waals surface area contributed by atoms with Crippen molar-refractivity contribution in [2.75, 3.05) is 27.2 Å². The third kappa shape index (κ3) is 5.64. The first kappa shape index (κ1) is 27.9. The summed E-state index contributed by atoms with van der Waals surface area (Å²) in [6.45, 7) is 4.43. The molecule has 1 aliphatic rings. The van der Waals surface area contributed by atoms with E-state index >= 15 is 0 Å². The Bertz CT molecular complexity index is 1430. The smallest absolute Gasteiger partial charge is 0.294 e. The van der Waals surface area contributed by atoms with Crippen molar-refractivity contribution in [1.82, 2.24) is 28.4 Å². The van der Waals surface area contributed by atoms with Crippen LogP contribution in [0.15, 0.2) is 36.8 Å². The summed E-state index contributed by atoms with van der Waals surface area (Å²) in [6, 6.07) is 4.05. The van der Waals surface area contributed by atoms with Crippen molar-refractivity contribution in [3.8, 4) is 5.82 Å². The number of aromatic nitrogens is 4. The van der Waals surface area contributed by atoms with Crippen molar-refractivity contribution in [2.45, 2.75) is 45.2 Å². The van der Waals surface area contributed by atoms with Gasteiger partial charge in [0.15, 0.2) is 11.6 Å². The molecule has 4 rings (SSSR count). The minimum atomic E-state index is -4.49. The van der Waals surface area contributed by atoms with Crippen LogP contribution in [0.3, 0.4) is 0 Å². The Balaban J connectivity index is 1.43. The highest BCUT2D eigenvalue weighted by molar-refractivity contribution is 7.86. The second-order valence-corrected chi connectivity index (χ2v) is 11.7. The fourth-order valence-electron chi connectivity index (χ4n) is 4.63. The molecule has 0 bridgehead atoms. The van der Waals surface area contributed by atoms with E-state index in [0.29, 0.717) is 37.2 Å². The molecule has 1 aliphatic heterocycles. The molecule has 3 aromatic rings. The zero-order valence-corrected chi connectivity index (χ0v) is 22.3. The van der Waals surface area contributed by atoms with E-state index < -0.39 is 21.9 Å². The Morgan fingerprint density at radius 3 is 2.32 bits per heavy atom. The van der Waals surface area contributed by atoms with Crippen molar-refractivity contribution < 1.29 is 26.4 Å². The Labute approximate surface area is 219 Å². The number of carbonyl (C=O) groups excluding carboxylic acids is 1. The highest BCUT2D eigenvalue weighted by Crippen LogP contribution is 2.31. The lowest BCUT2D eigenvalue weighted by atomic mass is 9.91. The standard InChI is InChI=1S/C25H29F3N6O3S/c1-16-11-18(13-30-24(16)19-7-9-33(10-8-19)38(36,37)32(3)4)12-22(35)21-15-31-34(17(21)2)23-6-5-20(14-29-23)25(26,27)28/h5-6,11,13-15,19H,7-10,12H2,1-4H3. The number of nitrogens with zero attached hydrogens (tertiary/aromatic N) is 6. The molecular formula is C25H29F3N6O3S. The van der Waals surface area contributed by atoms with E-state index in [9.17, 15) is 26.4 Å². The van der Waals surface area contributed by atoms with Crippen LogP contribution in [0.1, 0.15) is 57.2 Å². The first-order valence-corrected chi connectivity index (χ1v) is 13.4. The van der Waals surface area contributed by atoms with Gasteiger partial charge in [-0.15, -0.1) is 0 Å². The maximum absolute atomic E-state index is 13.0. The number of ketones is 1. The second kappa shape index (κ2) is 10.5. The van der Waals surface area contributed by atoms with Gasteiger partial charge in [-0.1, -0.05) is 6.07 Å². The van der Waals surface area contributed by atoms with Crippen molar-refractivity contribution in [3.63, 3.8) is 0 Å². The van der Waals surface area contributed by atoms with Crippen molar-refractivity contribution >= 4 is 16.0 Å². The van der Waals surface area contributed by atoms with Crippen LogP contribution in [0.25, 0.3) is 5.82 Å². The molecule has 0 N–H and O–H groups in total. The highest BCUT2D eigenvalue weighted by atomic mass is 32.2. The molecule has 4 heterocycles. The third-order valence-electron chi connectivity index (χ3n) is 6.77. The Kier molecular flexibility index (Phi) is 7.73. The molecule has 0 aliphatic carbocycles. The van der Waals surface area contributed by atoms with Gasteiger partial charge in [-0.25, -0.2) is 9.67 Å². The van der Waals surface area contributed by atoms with Crippen LogP contribution in [0.2, 0.25) is 0 Å². The monoisotopic (exact) mass is 550 g/mol. The quantitative estimate of drug-likeness (QED) is 0.416. The van der Waals surface area contributed by atoms with Crippen molar-refractivity contribution in [3.05, 3.63) is 70.4 Å².